The SMILES string of the molecule is C=CCC(C(=O)O)N1C(=O)C(C)=C(C)C1=O. The van der Waals surface area contributed by atoms with E-state index in [9.17, 15) is 14.4 Å². The van der Waals surface area contributed by atoms with Crippen molar-refractivity contribution in [2.45, 2.75) is 26.3 Å². The summed E-state index contributed by atoms with van der Waals surface area (Å²) in [4.78, 5) is 35.1. The number of hydrogen-bond acceptors (Lipinski definition) is 3. The van der Waals surface area contributed by atoms with E-state index in [1.807, 2.05) is 0 Å². The third-order valence-corrected chi connectivity index (χ3v) is 2.63. The second-order valence-electron chi connectivity index (χ2n) is 3.61. The van der Waals surface area contributed by atoms with Gasteiger partial charge in [0.05, 0.1) is 0 Å². The molecule has 0 fully saturated rings. The summed E-state index contributed by atoms with van der Waals surface area (Å²) in [6, 6.07) is -1.16. The molecule has 0 aromatic carbocycles. The van der Waals surface area contributed by atoms with E-state index in [1.54, 1.807) is 0 Å². The molecule has 1 N–H and O–H groups in total. The van der Waals surface area contributed by atoms with Crippen LogP contribution in [0, 0.1) is 0 Å². The number of nitrogens with zero attached hydrogens (tertiary/aromatic N) is 1. The van der Waals surface area contributed by atoms with E-state index in [0.717, 1.165) is 4.90 Å². The first-order valence-electron chi connectivity index (χ1n) is 4.80. The van der Waals surface area contributed by atoms with Crippen LogP contribution in [0.25, 0.3) is 0 Å². The number of carbonyl (C=O) groups is 3. The molecule has 1 aliphatic heterocycles. The highest BCUT2D eigenvalue weighted by Crippen LogP contribution is 2.23. The first kappa shape index (κ1) is 12.2. The van der Waals surface area contributed by atoms with Gasteiger partial charge in [-0.05, 0) is 20.3 Å². The molecule has 1 rings (SSSR count). The normalized spacial score (nSPS) is 18.0. The van der Waals surface area contributed by atoms with Gasteiger partial charge in [0, 0.05) is 11.1 Å². The van der Waals surface area contributed by atoms with Crippen LogP contribution < -0.4 is 0 Å². The molecule has 0 spiro atoms. The minimum atomic E-state index is -1.20. The number of carbonyl (C=O) groups excluding carboxylic acids is 2. The standard InChI is InChI=1S/C11H13NO4/c1-4-5-8(11(15)16)12-9(13)6(2)7(3)10(12)14/h4,8H,1,5H2,2-3H3,(H,15,16). The molecule has 1 heterocycles. The van der Waals surface area contributed by atoms with E-state index in [2.05, 4.69) is 6.58 Å². The highest BCUT2D eigenvalue weighted by atomic mass is 16.4. The molecule has 0 aromatic heterocycles. The second kappa shape index (κ2) is 4.30. The molecular weight excluding hydrogens is 210 g/mol. The molecule has 16 heavy (non-hydrogen) atoms. The average molecular weight is 223 g/mol. The number of aliphatic carboxylic acids is 1. The molecule has 0 radical (unpaired) electrons. The summed E-state index contributed by atoms with van der Waals surface area (Å²) in [5.74, 6) is -2.27. The third-order valence-electron chi connectivity index (χ3n) is 2.63. The highest BCUT2D eigenvalue weighted by molar-refractivity contribution is 6.20. The summed E-state index contributed by atoms with van der Waals surface area (Å²) >= 11 is 0. The number of hydrogen-bond donors (Lipinski definition) is 1. The lowest BCUT2D eigenvalue weighted by molar-refractivity contribution is -0.153. The minimum Gasteiger partial charge on any atom is -0.480 e. The lowest BCUT2D eigenvalue weighted by Crippen LogP contribution is -2.45. The molecule has 0 saturated carbocycles. The Kier molecular flexibility index (Phi) is 3.27. The zero-order chi connectivity index (χ0) is 12.5. The topological polar surface area (TPSA) is 74.7 Å². The number of carboxylic acids is 1. The third kappa shape index (κ3) is 1.76. The summed E-state index contributed by atoms with van der Waals surface area (Å²) < 4.78 is 0. The van der Waals surface area contributed by atoms with Gasteiger partial charge in [-0.15, -0.1) is 6.58 Å². The highest BCUT2D eigenvalue weighted by Gasteiger charge is 2.40. The van der Waals surface area contributed by atoms with Gasteiger partial charge in [0.25, 0.3) is 11.8 Å². The monoisotopic (exact) mass is 223 g/mol. The summed E-state index contributed by atoms with van der Waals surface area (Å²) in [7, 11) is 0. The lowest BCUT2D eigenvalue weighted by Gasteiger charge is -2.21. The van der Waals surface area contributed by atoms with Crippen LogP contribution in [0.15, 0.2) is 23.8 Å². The van der Waals surface area contributed by atoms with Crippen LogP contribution in [0.3, 0.4) is 0 Å². The number of rotatable bonds is 4. The smallest absolute Gasteiger partial charge is 0.327 e. The minimum absolute atomic E-state index is 0.0490. The molecule has 0 aromatic rings. The maximum atomic E-state index is 11.7. The zero-order valence-corrected chi connectivity index (χ0v) is 9.19. The van der Waals surface area contributed by atoms with Crippen LogP contribution in [-0.4, -0.2) is 33.8 Å². The van der Waals surface area contributed by atoms with Crippen molar-refractivity contribution in [3.63, 3.8) is 0 Å². The van der Waals surface area contributed by atoms with Crippen molar-refractivity contribution in [1.82, 2.24) is 4.90 Å². The predicted octanol–water partition coefficient (Wildman–Crippen LogP) is 0.721. The summed E-state index contributed by atoms with van der Waals surface area (Å²) in [6.45, 7) is 6.45. The first-order valence-corrected chi connectivity index (χ1v) is 4.80. The molecule has 1 aliphatic rings. The van der Waals surface area contributed by atoms with E-state index in [1.165, 1.54) is 19.9 Å². The van der Waals surface area contributed by atoms with Crippen molar-refractivity contribution >= 4 is 17.8 Å². The Bertz CT molecular complexity index is 384. The van der Waals surface area contributed by atoms with E-state index in [0.29, 0.717) is 11.1 Å². The van der Waals surface area contributed by atoms with Crippen molar-refractivity contribution in [2.24, 2.45) is 0 Å². The molecule has 0 aliphatic carbocycles. The summed E-state index contributed by atoms with van der Waals surface area (Å²) in [5.41, 5.74) is 0.612. The quantitative estimate of drug-likeness (QED) is 0.563. The molecular formula is C11H13NO4. The van der Waals surface area contributed by atoms with E-state index < -0.39 is 23.8 Å². The largest absolute Gasteiger partial charge is 0.480 e. The molecule has 86 valence electrons. The molecule has 2 amide bonds. The van der Waals surface area contributed by atoms with E-state index in [4.69, 9.17) is 5.11 Å². The van der Waals surface area contributed by atoms with Crippen molar-refractivity contribution in [3.8, 4) is 0 Å². The predicted molar refractivity (Wildman–Crippen MR) is 56.5 cm³/mol. The Labute approximate surface area is 93.0 Å². The van der Waals surface area contributed by atoms with Crippen LogP contribution in [-0.2, 0) is 14.4 Å². The molecule has 1 unspecified atom stereocenters. The fourth-order valence-corrected chi connectivity index (χ4v) is 1.53. The van der Waals surface area contributed by atoms with Gasteiger partial charge < -0.3 is 5.11 Å². The Morgan fingerprint density at radius 1 is 1.38 bits per heavy atom. The average Bonchev–Trinajstić information content (AvgIpc) is 2.41. The molecule has 1 atom stereocenters. The maximum absolute atomic E-state index is 11.7. The molecule has 0 saturated heterocycles. The summed E-state index contributed by atoms with van der Waals surface area (Å²) in [5, 5.41) is 8.96. The van der Waals surface area contributed by atoms with Gasteiger partial charge in [-0.2, -0.15) is 0 Å². The van der Waals surface area contributed by atoms with E-state index >= 15 is 0 Å². The Morgan fingerprint density at radius 3 is 2.12 bits per heavy atom. The van der Waals surface area contributed by atoms with Gasteiger partial charge in [-0.25, -0.2) is 4.79 Å². The van der Waals surface area contributed by atoms with E-state index in [-0.39, 0.29) is 6.42 Å². The van der Waals surface area contributed by atoms with Crippen molar-refractivity contribution in [3.05, 3.63) is 23.8 Å². The first-order chi connectivity index (χ1) is 7.41. The van der Waals surface area contributed by atoms with Crippen molar-refractivity contribution in [2.75, 3.05) is 0 Å². The van der Waals surface area contributed by atoms with Gasteiger partial charge in [-0.3, -0.25) is 14.5 Å². The maximum Gasteiger partial charge on any atom is 0.327 e. The van der Waals surface area contributed by atoms with Gasteiger partial charge in [0.2, 0.25) is 0 Å². The van der Waals surface area contributed by atoms with Crippen LogP contribution >= 0.6 is 0 Å². The van der Waals surface area contributed by atoms with Crippen molar-refractivity contribution < 1.29 is 19.5 Å². The Hall–Kier alpha value is -1.91. The van der Waals surface area contributed by atoms with Crippen LogP contribution in [0.1, 0.15) is 20.3 Å². The fraction of sp³-hybridized carbons (Fsp3) is 0.364. The van der Waals surface area contributed by atoms with Crippen LogP contribution in [0.2, 0.25) is 0 Å². The number of amides is 2. The van der Waals surface area contributed by atoms with Crippen LogP contribution in [0.5, 0.6) is 0 Å². The fourth-order valence-electron chi connectivity index (χ4n) is 1.53. The van der Waals surface area contributed by atoms with Crippen molar-refractivity contribution in [1.29, 1.82) is 0 Å². The van der Waals surface area contributed by atoms with Crippen LogP contribution in [0.4, 0.5) is 0 Å². The molecule has 5 nitrogen and oxygen atoms in total. The Balaban J connectivity index is 3.07. The second-order valence-corrected chi connectivity index (χ2v) is 3.61. The van der Waals surface area contributed by atoms with Gasteiger partial charge in [0.15, 0.2) is 0 Å². The lowest BCUT2D eigenvalue weighted by atomic mass is 10.1. The molecule has 0 bridgehead atoms. The number of imide groups is 1. The zero-order valence-electron chi connectivity index (χ0n) is 9.19. The molecule has 5 heteroatoms. The van der Waals surface area contributed by atoms with Gasteiger partial charge in [0.1, 0.15) is 6.04 Å². The summed E-state index contributed by atoms with van der Waals surface area (Å²) in [6.07, 6.45) is 1.43. The number of carboxylic acid groups (broad SMARTS) is 1. The van der Waals surface area contributed by atoms with Gasteiger partial charge >= 0.3 is 5.97 Å². The van der Waals surface area contributed by atoms with Gasteiger partial charge in [-0.1, -0.05) is 6.08 Å². The Morgan fingerprint density at radius 2 is 1.81 bits per heavy atom.